The minimum Gasteiger partial charge on any atom is -0.466 e. The Bertz CT molecular complexity index is 412. The smallest absolute Gasteiger partial charge is 0.466 e. The summed E-state index contributed by atoms with van der Waals surface area (Å²) in [6.45, 7) is 3.83. The Balaban J connectivity index is 2.63. The van der Waals surface area contributed by atoms with Gasteiger partial charge in [-0.3, -0.25) is 4.79 Å². The molecule has 19 heavy (non-hydrogen) atoms. The van der Waals surface area contributed by atoms with Gasteiger partial charge in [0.15, 0.2) is 0 Å². The number of alkyl halides is 3. The number of carbonyl (C=O) groups excluding carboxylic acids is 1. The first-order valence-corrected chi connectivity index (χ1v) is 5.83. The fraction of sp³-hybridized carbons (Fsp3) is 0.462. The van der Waals surface area contributed by atoms with E-state index in [0.717, 1.165) is 5.56 Å². The van der Waals surface area contributed by atoms with Crippen molar-refractivity contribution in [2.75, 3.05) is 6.61 Å². The van der Waals surface area contributed by atoms with E-state index in [9.17, 15) is 18.0 Å². The summed E-state index contributed by atoms with van der Waals surface area (Å²) >= 11 is 0. The highest BCUT2D eigenvalue weighted by atomic mass is 19.4. The zero-order chi connectivity index (χ0) is 14.5. The number of halogens is 3. The average Bonchev–Trinajstić information content (AvgIpc) is 2.27. The third-order valence-electron chi connectivity index (χ3n) is 2.46. The molecule has 0 heterocycles. The molecule has 0 radical (unpaired) electrons. The van der Waals surface area contributed by atoms with E-state index in [2.05, 4.69) is 4.74 Å². The zero-order valence-corrected chi connectivity index (χ0v) is 10.7. The molecule has 0 aliphatic rings. The molecule has 0 bridgehead atoms. The molecule has 0 N–H and O–H groups in total. The van der Waals surface area contributed by atoms with Crippen LogP contribution in [0.25, 0.3) is 0 Å². The van der Waals surface area contributed by atoms with Crippen LogP contribution >= 0.6 is 0 Å². The summed E-state index contributed by atoms with van der Waals surface area (Å²) in [5.41, 5.74) is 0.752. The van der Waals surface area contributed by atoms with Crippen LogP contribution in [-0.2, 0) is 9.53 Å². The Labute approximate surface area is 109 Å². The maximum absolute atomic E-state index is 12.0. The number of benzene rings is 1. The maximum Gasteiger partial charge on any atom is 0.573 e. The molecule has 0 fully saturated rings. The fourth-order valence-corrected chi connectivity index (χ4v) is 1.59. The standard InChI is InChI=1S/C13H15F3O3/c1-3-18-12(17)8-9(2)10-4-6-11(7-5-10)19-13(14,15)16/h4-7,9H,3,8H2,1-2H3/t9-/m0/s1. The molecule has 0 saturated heterocycles. The SMILES string of the molecule is CCOC(=O)C[C@H](C)c1ccc(OC(F)(F)F)cc1. The predicted octanol–water partition coefficient (Wildman–Crippen LogP) is 3.64. The molecular weight excluding hydrogens is 261 g/mol. The number of rotatable bonds is 5. The highest BCUT2D eigenvalue weighted by Crippen LogP contribution is 2.26. The molecule has 1 aromatic carbocycles. The minimum absolute atomic E-state index is 0.126. The quantitative estimate of drug-likeness (QED) is 0.770. The summed E-state index contributed by atoms with van der Waals surface area (Å²) in [6.07, 6.45) is -4.51. The normalized spacial score (nSPS) is 12.9. The molecule has 1 aromatic rings. The predicted molar refractivity (Wildman–Crippen MR) is 62.8 cm³/mol. The van der Waals surface area contributed by atoms with Crippen LogP contribution in [0, 0.1) is 0 Å². The number of hydrogen-bond donors (Lipinski definition) is 0. The van der Waals surface area contributed by atoms with Gasteiger partial charge < -0.3 is 9.47 Å². The van der Waals surface area contributed by atoms with Gasteiger partial charge in [0.25, 0.3) is 0 Å². The highest BCUT2D eigenvalue weighted by molar-refractivity contribution is 5.70. The van der Waals surface area contributed by atoms with Crippen molar-refractivity contribution < 1.29 is 27.4 Å². The van der Waals surface area contributed by atoms with Crippen molar-refractivity contribution in [1.82, 2.24) is 0 Å². The summed E-state index contributed by atoms with van der Waals surface area (Å²) in [5, 5.41) is 0. The van der Waals surface area contributed by atoms with Crippen LogP contribution in [0.2, 0.25) is 0 Å². The second-order valence-corrected chi connectivity index (χ2v) is 4.03. The van der Waals surface area contributed by atoms with Gasteiger partial charge in [0.05, 0.1) is 13.0 Å². The molecule has 0 aromatic heterocycles. The summed E-state index contributed by atoms with van der Waals surface area (Å²) in [5.74, 6) is -0.732. The first kappa shape index (κ1) is 15.3. The molecule has 0 aliphatic carbocycles. The van der Waals surface area contributed by atoms with Gasteiger partial charge in [0.2, 0.25) is 0 Å². The molecule has 0 amide bonds. The summed E-state index contributed by atoms with van der Waals surface area (Å²) in [6, 6.07) is 5.46. The van der Waals surface area contributed by atoms with Gasteiger partial charge >= 0.3 is 12.3 Å². The van der Waals surface area contributed by atoms with Crippen LogP contribution in [0.15, 0.2) is 24.3 Å². The number of hydrogen-bond acceptors (Lipinski definition) is 3. The largest absolute Gasteiger partial charge is 0.573 e. The lowest BCUT2D eigenvalue weighted by atomic mass is 9.98. The Kier molecular flexibility index (Phi) is 5.20. The topological polar surface area (TPSA) is 35.5 Å². The van der Waals surface area contributed by atoms with E-state index in [4.69, 9.17) is 4.74 Å². The summed E-state index contributed by atoms with van der Waals surface area (Å²) < 4.78 is 44.5. The Morgan fingerprint density at radius 1 is 1.26 bits per heavy atom. The van der Waals surface area contributed by atoms with Crippen LogP contribution in [0.4, 0.5) is 13.2 Å². The van der Waals surface area contributed by atoms with Crippen molar-refractivity contribution in [1.29, 1.82) is 0 Å². The molecule has 1 atom stereocenters. The van der Waals surface area contributed by atoms with Crippen LogP contribution in [0.5, 0.6) is 5.75 Å². The van der Waals surface area contributed by atoms with Gasteiger partial charge in [0, 0.05) is 0 Å². The van der Waals surface area contributed by atoms with Crippen molar-refractivity contribution in [2.45, 2.75) is 32.5 Å². The number of carbonyl (C=O) groups is 1. The zero-order valence-electron chi connectivity index (χ0n) is 10.7. The third kappa shape index (κ3) is 5.63. The van der Waals surface area contributed by atoms with Crippen LogP contribution in [0.3, 0.4) is 0 Å². The highest BCUT2D eigenvalue weighted by Gasteiger charge is 2.31. The molecule has 0 unspecified atom stereocenters. The Morgan fingerprint density at radius 3 is 2.32 bits per heavy atom. The van der Waals surface area contributed by atoms with Gasteiger partial charge in [-0.15, -0.1) is 13.2 Å². The molecule has 0 saturated carbocycles. The van der Waals surface area contributed by atoms with Crippen LogP contribution in [-0.4, -0.2) is 18.9 Å². The third-order valence-corrected chi connectivity index (χ3v) is 2.46. The summed E-state index contributed by atoms with van der Waals surface area (Å²) in [4.78, 5) is 11.3. The molecule has 0 spiro atoms. The molecule has 1 rings (SSSR count). The van der Waals surface area contributed by atoms with E-state index >= 15 is 0 Å². The molecule has 0 aliphatic heterocycles. The van der Waals surface area contributed by atoms with Crippen molar-refractivity contribution in [3.8, 4) is 5.75 Å². The second-order valence-electron chi connectivity index (χ2n) is 4.03. The van der Waals surface area contributed by atoms with Gasteiger partial charge in [-0.1, -0.05) is 19.1 Å². The van der Waals surface area contributed by atoms with Gasteiger partial charge in [0.1, 0.15) is 5.75 Å². The molecule has 106 valence electrons. The lowest BCUT2D eigenvalue weighted by Crippen LogP contribution is -2.17. The Morgan fingerprint density at radius 2 is 1.84 bits per heavy atom. The first-order chi connectivity index (χ1) is 8.81. The van der Waals surface area contributed by atoms with Crippen molar-refractivity contribution in [3.63, 3.8) is 0 Å². The lowest BCUT2D eigenvalue weighted by molar-refractivity contribution is -0.274. The van der Waals surface area contributed by atoms with E-state index in [-0.39, 0.29) is 24.1 Å². The number of esters is 1. The Hall–Kier alpha value is -1.72. The minimum atomic E-state index is -4.70. The monoisotopic (exact) mass is 276 g/mol. The maximum atomic E-state index is 12.0. The first-order valence-electron chi connectivity index (χ1n) is 5.83. The van der Waals surface area contributed by atoms with E-state index in [1.54, 1.807) is 13.8 Å². The van der Waals surface area contributed by atoms with Crippen LogP contribution < -0.4 is 4.74 Å². The van der Waals surface area contributed by atoms with Gasteiger partial charge in [-0.2, -0.15) is 0 Å². The van der Waals surface area contributed by atoms with Crippen molar-refractivity contribution in [2.24, 2.45) is 0 Å². The van der Waals surface area contributed by atoms with Gasteiger partial charge in [-0.25, -0.2) is 0 Å². The van der Waals surface area contributed by atoms with E-state index in [1.165, 1.54) is 24.3 Å². The second kappa shape index (κ2) is 6.45. The van der Waals surface area contributed by atoms with Gasteiger partial charge in [-0.05, 0) is 30.5 Å². The van der Waals surface area contributed by atoms with E-state index in [0.29, 0.717) is 6.61 Å². The molecule has 3 nitrogen and oxygen atoms in total. The molecular formula is C13H15F3O3. The fourth-order valence-electron chi connectivity index (χ4n) is 1.59. The van der Waals surface area contributed by atoms with Crippen molar-refractivity contribution >= 4 is 5.97 Å². The van der Waals surface area contributed by atoms with E-state index in [1.807, 2.05) is 0 Å². The van der Waals surface area contributed by atoms with Crippen molar-refractivity contribution in [3.05, 3.63) is 29.8 Å². The average molecular weight is 276 g/mol. The molecule has 6 heteroatoms. The van der Waals surface area contributed by atoms with E-state index < -0.39 is 6.36 Å². The number of ether oxygens (including phenoxy) is 2. The van der Waals surface area contributed by atoms with Crippen LogP contribution in [0.1, 0.15) is 31.7 Å². The summed E-state index contributed by atoms with van der Waals surface area (Å²) in [7, 11) is 0. The lowest BCUT2D eigenvalue weighted by Gasteiger charge is -2.13.